The van der Waals surface area contributed by atoms with Crippen LogP contribution >= 0.6 is 11.8 Å². The molecule has 1 saturated heterocycles. The first-order valence-electron chi connectivity index (χ1n) is 6.19. The van der Waals surface area contributed by atoms with Crippen LogP contribution in [0, 0.1) is 6.92 Å². The van der Waals surface area contributed by atoms with Crippen LogP contribution in [0.3, 0.4) is 0 Å². The highest BCUT2D eigenvalue weighted by Gasteiger charge is 2.29. The maximum atomic E-state index is 11.2. The van der Waals surface area contributed by atoms with Crippen molar-refractivity contribution in [1.82, 2.24) is 14.7 Å². The molecule has 1 aliphatic rings. The Kier molecular flexibility index (Phi) is 4.29. The summed E-state index contributed by atoms with van der Waals surface area (Å²) in [5.74, 6) is 0.957. The lowest BCUT2D eigenvalue weighted by Gasteiger charge is -2.32. The van der Waals surface area contributed by atoms with Gasteiger partial charge in [-0.3, -0.25) is 14.4 Å². The van der Waals surface area contributed by atoms with Crippen molar-refractivity contribution in [1.29, 1.82) is 0 Å². The van der Waals surface area contributed by atoms with E-state index >= 15 is 0 Å². The van der Waals surface area contributed by atoms with Gasteiger partial charge < -0.3 is 5.11 Å². The lowest BCUT2D eigenvalue weighted by molar-refractivity contribution is -0.142. The van der Waals surface area contributed by atoms with Crippen LogP contribution in [0.2, 0.25) is 0 Å². The number of aliphatic carboxylic acids is 1. The van der Waals surface area contributed by atoms with Crippen molar-refractivity contribution in [3.05, 3.63) is 17.5 Å². The highest BCUT2D eigenvalue weighted by molar-refractivity contribution is 7.99. The molecule has 6 heteroatoms. The Balaban J connectivity index is 2.13. The fourth-order valence-electron chi connectivity index (χ4n) is 2.26. The number of hydrogen-bond donors (Lipinski definition) is 1. The van der Waals surface area contributed by atoms with Gasteiger partial charge >= 0.3 is 5.97 Å². The van der Waals surface area contributed by atoms with Gasteiger partial charge in [0.1, 0.15) is 6.04 Å². The molecule has 5 nitrogen and oxygen atoms in total. The van der Waals surface area contributed by atoms with Crippen molar-refractivity contribution in [2.24, 2.45) is 0 Å². The van der Waals surface area contributed by atoms with E-state index in [-0.39, 0.29) is 6.04 Å². The Bertz CT molecular complexity index is 433. The van der Waals surface area contributed by atoms with Gasteiger partial charge in [-0.2, -0.15) is 16.9 Å². The van der Waals surface area contributed by atoms with Gasteiger partial charge in [-0.1, -0.05) is 0 Å². The molecule has 0 amide bonds. The number of carboxylic acid groups (broad SMARTS) is 1. The molecular weight excluding hydrogens is 250 g/mol. The third-order valence-electron chi connectivity index (χ3n) is 3.17. The van der Waals surface area contributed by atoms with E-state index in [0.717, 1.165) is 30.2 Å². The molecule has 0 bridgehead atoms. The monoisotopic (exact) mass is 269 g/mol. The lowest BCUT2D eigenvalue weighted by Crippen LogP contribution is -2.46. The minimum atomic E-state index is -0.721. The molecule has 0 radical (unpaired) electrons. The average molecular weight is 269 g/mol. The van der Waals surface area contributed by atoms with Gasteiger partial charge in [-0.15, -0.1) is 0 Å². The standard InChI is InChI=1S/C12H19N3O2S/c1-3-15-10(6-9(2)13-15)7-14-4-5-18-8-11(14)12(16)17/h6,11H,3-5,7-8H2,1-2H3,(H,16,17). The van der Waals surface area contributed by atoms with Crippen molar-refractivity contribution in [2.75, 3.05) is 18.1 Å². The first-order valence-corrected chi connectivity index (χ1v) is 7.35. The summed E-state index contributed by atoms with van der Waals surface area (Å²) in [5, 5.41) is 13.6. The maximum Gasteiger partial charge on any atom is 0.321 e. The summed E-state index contributed by atoms with van der Waals surface area (Å²) in [5.41, 5.74) is 2.10. The van der Waals surface area contributed by atoms with E-state index in [0.29, 0.717) is 12.3 Å². The van der Waals surface area contributed by atoms with Gasteiger partial charge in [0.15, 0.2) is 0 Å². The fraction of sp³-hybridized carbons (Fsp3) is 0.667. The zero-order valence-corrected chi connectivity index (χ0v) is 11.6. The summed E-state index contributed by atoms with van der Waals surface area (Å²) in [7, 11) is 0. The number of aromatic nitrogens is 2. The second-order valence-electron chi connectivity index (χ2n) is 4.49. The Morgan fingerprint density at radius 3 is 3.11 bits per heavy atom. The fourth-order valence-corrected chi connectivity index (χ4v) is 3.37. The van der Waals surface area contributed by atoms with Crippen LogP contribution in [0.1, 0.15) is 18.3 Å². The highest BCUT2D eigenvalue weighted by atomic mass is 32.2. The number of carbonyl (C=O) groups is 1. The van der Waals surface area contributed by atoms with Crippen molar-refractivity contribution < 1.29 is 9.90 Å². The van der Waals surface area contributed by atoms with Crippen LogP contribution in [-0.2, 0) is 17.9 Å². The zero-order valence-electron chi connectivity index (χ0n) is 10.8. The Labute approximate surface area is 111 Å². The predicted molar refractivity (Wildman–Crippen MR) is 71.8 cm³/mol. The number of thioether (sulfide) groups is 1. The van der Waals surface area contributed by atoms with Gasteiger partial charge in [0.05, 0.1) is 11.4 Å². The van der Waals surface area contributed by atoms with Gasteiger partial charge in [0.2, 0.25) is 0 Å². The largest absolute Gasteiger partial charge is 0.480 e. The van der Waals surface area contributed by atoms with Gasteiger partial charge in [-0.05, 0) is 19.9 Å². The molecule has 0 spiro atoms. The van der Waals surface area contributed by atoms with Gasteiger partial charge in [0, 0.05) is 31.1 Å². The molecule has 1 N–H and O–H groups in total. The van der Waals surface area contributed by atoms with Crippen LogP contribution in [0.25, 0.3) is 0 Å². The minimum Gasteiger partial charge on any atom is -0.480 e. The lowest BCUT2D eigenvalue weighted by atomic mass is 10.2. The van der Waals surface area contributed by atoms with Crippen molar-refractivity contribution in [3.8, 4) is 0 Å². The molecule has 0 saturated carbocycles. The van der Waals surface area contributed by atoms with Crippen molar-refractivity contribution in [2.45, 2.75) is 33.0 Å². The zero-order chi connectivity index (χ0) is 13.1. The molecule has 1 aromatic heterocycles. The number of aryl methyl sites for hydroxylation is 2. The van der Waals surface area contributed by atoms with Crippen molar-refractivity contribution >= 4 is 17.7 Å². The van der Waals surface area contributed by atoms with Crippen LogP contribution in [-0.4, -0.2) is 49.8 Å². The SMILES string of the molecule is CCn1nc(C)cc1CN1CCSCC1C(=O)O. The number of carboxylic acids is 1. The maximum absolute atomic E-state index is 11.2. The smallest absolute Gasteiger partial charge is 0.321 e. The summed E-state index contributed by atoms with van der Waals surface area (Å²) >= 11 is 1.72. The number of hydrogen-bond acceptors (Lipinski definition) is 4. The van der Waals surface area contributed by atoms with E-state index in [1.165, 1.54) is 0 Å². The molecular formula is C12H19N3O2S. The van der Waals surface area contributed by atoms with Crippen molar-refractivity contribution in [3.63, 3.8) is 0 Å². The summed E-state index contributed by atoms with van der Waals surface area (Å²) in [6, 6.07) is 1.67. The second-order valence-corrected chi connectivity index (χ2v) is 5.64. The first kappa shape index (κ1) is 13.4. The van der Waals surface area contributed by atoms with Gasteiger partial charge in [-0.25, -0.2) is 0 Å². The van der Waals surface area contributed by atoms with E-state index in [4.69, 9.17) is 0 Å². The molecule has 0 aliphatic carbocycles. The van der Waals surface area contributed by atoms with Crippen LogP contribution in [0.15, 0.2) is 6.07 Å². The summed E-state index contributed by atoms with van der Waals surface area (Å²) in [6.07, 6.45) is 0. The third-order valence-corrected chi connectivity index (χ3v) is 4.20. The van der Waals surface area contributed by atoms with Crippen LogP contribution < -0.4 is 0 Å². The Morgan fingerprint density at radius 1 is 1.67 bits per heavy atom. The molecule has 1 aliphatic heterocycles. The molecule has 1 atom stereocenters. The average Bonchev–Trinajstić information content (AvgIpc) is 2.70. The molecule has 2 rings (SSSR count). The molecule has 2 heterocycles. The molecule has 100 valence electrons. The molecule has 18 heavy (non-hydrogen) atoms. The molecule has 1 unspecified atom stereocenters. The summed E-state index contributed by atoms with van der Waals surface area (Å²) in [6.45, 7) is 6.35. The number of nitrogens with zero attached hydrogens (tertiary/aromatic N) is 3. The van der Waals surface area contributed by atoms with Crippen LogP contribution in [0.4, 0.5) is 0 Å². The molecule has 0 aromatic carbocycles. The Hall–Kier alpha value is -1.01. The molecule has 1 aromatic rings. The van der Waals surface area contributed by atoms with Gasteiger partial charge in [0.25, 0.3) is 0 Å². The Morgan fingerprint density at radius 2 is 2.44 bits per heavy atom. The molecule has 1 fully saturated rings. The predicted octanol–water partition coefficient (Wildman–Crippen LogP) is 1.21. The minimum absolute atomic E-state index is 0.371. The third kappa shape index (κ3) is 2.87. The topological polar surface area (TPSA) is 58.4 Å². The van der Waals surface area contributed by atoms with E-state index < -0.39 is 5.97 Å². The number of rotatable bonds is 4. The van der Waals surface area contributed by atoms with E-state index in [9.17, 15) is 9.90 Å². The summed E-state index contributed by atoms with van der Waals surface area (Å²) < 4.78 is 1.95. The van der Waals surface area contributed by atoms with E-state index in [1.807, 2.05) is 22.6 Å². The van der Waals surface area contributed by atoms with Crippen LogP contribution in [0.5, 0.6) is 0 Å². The van der Waals surface area contributed by atoms with E-state index in [1.54, 1.807) is 11.8 Å². The normalized spacial score (nSPS) is 21.1. The quantitative estimate of drug-likeness (QED) is 0.890. The highest BCUT2D eigenvalue weighted by Crippen LogP contribution is 2.19. The van der Waals surface area contributed by atoms with E-state index in [2.05, 4.69) is 12.0 Å². The first-order chi connectivity index (χ1) is 8.61. The summed E-state index contributed by atoms with van der Waals surface area (Å²) in [4.78, 5) is 13.3. The second kappa shape index (κ2) is 5.75.